The van der Waals surface area contributed by atoms with E-state index in [0.29, 0.717) is 12.1 Å². The van der Waals surface area contributed by atoms with Crippen molar-refractivity contribution in [3.05, 3.63) is 61.6 Å². The first-order valence-electron chi connectivity index (χ1n) is 6.50. The maximum absolute atomic E-state index is 12.4. The molecule has 108 valence electrons. The number of halogens is 1. The molecular formula is C15H14BrN3OS. The molecule has 0 radical (unpaired) electrons. The highest BCUT2D eigenvalue weighted by atomic mass is 79.9. The molecule has 0 saturated heterocycles. The number of hydrogen-bond donors (Lipinski definition) is 0. The molecule has 3 aromatic rings. The molecule has 0 aliphatic carbocycles. The van der Waals surface area contributed by atoms with Gasteiger partial charge in [-0.3, -0.25) is 9.69 Å². The van der Waals surface area contributed by atoms with Crippen LogP contribution in [0.3, 0.4) is 0 Å². The van der Waals surface area contributed by atoms with Crippen molar-refractivity contribution in [1.82, 2.24) is 14.7 Å². The second kappa shape index (κ2) is 6.09. The zero-order valence-corrected chi connectivity index (χ0v) is 13.9. The number of benzene rings is 1. The van der Waals surface area contributed by atoms with E-state index in [1.165, 1.54) is 10.2 Å². The minimum absolute atomic E-state index is 0.0496. The van der Waals surface area contributed by atoms with Crippen LogP contribution in [-0.4, -0.2) is 21.7 Å². The zero-order chi connectivity index (χ0) is 14.8. The summed E-state index contributed by atoms with van der Waals surface area (Å²) in [4.78, 5) is 14.5. The molecule has 0 atom stereocenters. The van der Waals surface area contributed by atoms with Crippen LogP contribution < -0.4 is 5.56 Å². The fourth-order valence-electron chi connectivity index (χ4n) is 2.25. The number of hydrogen-bond acceptors (Lipinski definition) is 4. The fraction of sp³-hybridized carbons (Fsp3) is 0.200. The maximum atomic E-state index is 12.4. The molecule has 0 saturated carbocycles. The smallest absolute Gasteiger partial charge is 0.275 e. The highest BCUT2D eigenvalue weighted by Gasteiger charge is 2.07. The number of nitrogens with zero attached hydrogens (tertiary/aromatic N) is 3. The Morgan fingerprint density at radius 1 is 1.38 bits per heavy atom. The van der Waals surface area contributed by atoms with Crippen LogP contribution in [0.25, 0.3) is 10.8 Å². The van der Waals surface area contributed by atoms with Gasteiger partial charge in [0, 0.05) is 11.9 Å². The Labute approximate surface area is 134 Å². The van der Waals surface area contributed by atoms with Gasteiger partial charge in [-0.05, 0) is 46.1 Å². The largest absolute Gasteiger partial charge is 0.283 e. The number of fused-ring (bicyclic) bond motifs is 1. The van der Waals surface area contributed by atoms with Crippen LogP contribution in [0, 0.1) is 0 Å². The molecular weight excluding hydrogens is 350 g/mol. The summed E-state index contributed by atoms with van der Waals surface area (Å²) in [7, 11) is 1.98. The first kappa shape index (κ1) is 14.4. The molecule has 3 rings (SSSR count). The molecule has 4 nitrogen and oxygen atoms in total. The molecule has 0 unspecified atom stereocenters. The second-order valence-electron chi connectivity index (χ2n) is 4.95. The molecule has 0 bridgehead atoms. The van der Waals surface area contributed by atoms with Gasteiger partial charge < -0.3 is 0 Å². The van der Waals surface area contributed by atoms with E-state index >= 15 is 0 Å². The molecule has 0 aliphatic rings. The summed E-state index contributed by atoms with van der Waals surface area (Å²) >= 11 is 5.12. The number of aromatic nitrogens is 2. The van der Waals surface area contributed by atoms with Crippen molar-refractivity contribution in [2.45, 2.75) is 13.2 Å². The van der Waals surface area contributed by atoms with Gasteiger partial charge in [-0.2, -0.15) is 5.10 Å². The SMILES string of the molecule is CN(Cc1csc(Br)c1)Cn1ncc2ccccc2c1=O. The molecule has 21 heavy (non-hydrogen) atoms. The van der Waals surface area contributed by atoms with Gasteiger partial charge in [-0.25, -0.2) is 4.68 Å². The van der Waals surface area contributed by atoms with Crippen molar-refractivity contribution in [3.63, 3.8) is 0 Å². The highest BCUT2D eigenvalue weighted by molar-refractivity contribution is 9.11. The van der Waals surface area contributed by atoms with Crippen LogP contribution in [0.4, 0.5) is 0 Å². The molecule has 0 N–H and O–H groups in total. The lowest BCUT2D eigenvalue weighted by Crippen LogP contribution is -2.31. The molecule has 2 aromatic heterocycles. The lowest BCUT2D eigenvalue weighted by molar-refractivity contribution is 0.241. The Morgan fingerprint density at radius 2 is 2.19 bits per heavy atom. The van der Waals surface area contributed by atoms with E-state index in [1.54, 1.807) is 17.5 Å². The van der Waals surface area contributed by atoms with Crippen LogP contribution in [-0.2, 0) is 13.2 Å². The molecule has 1 aromatic carbocycles. The molecule has 2 heterocycles. The first-order valence-corrected chi connectivity index (χ1v) is 8.17. The van der Waals surface area contributed by atoms with Gasteiger partial charge in [-0.1, -0.05) is 18.2 Å². The summed E-state index contributed by atoms with van der Waals surface area (Å²) < 4.78 is 2.62. The van der Waals surface area contributed by atoms with E-state index in [2.05, 4.69) is 37.4 Å². The summed E-state index contributed by atoms with van der Waals surface area (Å²) in [5, 5.41) is 7.94. The highest BCUT2D eigenvalue weighted by Crippen LogP contribution is 2.21. The van der Waals surface area contributed by atoms with Gasteiger partial charge in [-0.15, -0.1) is 11.3 Å². The van der Waals surface area contributed by atoms with E-state index < -0.39 is 0 Å². The van der Waals surface area contributed by atoms with E-state index in [9.17, 15) is 4.79 Å². The van der Waals surface area contributed by atoms with Gasteiger partial charge in [0.1, 0.15) is 0 Å². The summed E-state index contributed by atoms with van der Waals surface area (Å²) in [6.07, 6.45) is 1.74. The third-order valence-corrected chi connectivity index (χ3v) is 4.76. The van der Waals surface area contributed by atoms with Crippen LogP contribution in [0.5, 0.6) is 0 Å². The molecule has 6 heteroatoms. The molecule has 0 amide bonds. The normalized spacial score (nSPS) is 11.4. The van der Waals surface area contributed by atoms with E-state index in [0.717, 1.165) is 15.7 Å². The van der Waals surface area contributed by atoms with Gasteiger partial charge in [0.05, 0.1) is 22.0 Å². The minimum Gasteiger partial charge on any atom is -0.283 e. The topological polar surface area (TPSA) is 38.1 Å². The van der Waals surface area contributed by atoms with Crippen molar-refractivity contribution in [3.8, 4) is 0 Å². The first-order chi connectivity index (χ1) is 10.1. The standard InChI is InChI=1S/C15H14BrN3OS/c1-18(8-11-6-14(16)21-9-11)10-19-15(20)13-5-3-2-4-12(13)7-17-19/h2-7,9H,8,10H2,1H3. The van der Waals surface area contributed by atoms with E-state index in [-0.39, 0.29) is 5.56 Å². The third-order valence-electron chi connectivity index (χ3n) is 3.21. The monoisotopic (exact) mass is 363 g/mol. The Morgan fingerprint density at radius 3 is 2.95 bits per heavy atom. The average molecular weight is 364 g/mol. The minimum atomic E-state index is -0.0496. The predicted molar refractivity (Wildman–Crippen MR) is 89.5 cm³/mol. The maximum Gasteiger partial charge on any atom is 0.275 e. The average Bonchev–Trinajstić information content (AvgIpc) is 2.87. The summed E-state index contributed by atoms with van der Waals surface area (Å²) in [5.41, 5.74) is 1.18. The number of rotatable bonds is 4. The fourth-order valence-corrected chi connectivity index (χ4v) is 3.45. The Balaban J connectivity index is 1.81. The van der Waals surface area contributed by atoms with Crippen molar-refractivity contribution in [1.29, 1.82) is 0 Å². The van der Waals surface area contributed by atoms with E-state index in [1.807, 2.05) is 31.3 Å². The predicted octanol–water partition coefficient (Wildman–Crippen LogP) is 3.31. The number of thiophene rings is 1. The third kappa shape index (κ3) is 3.23. The quantitative estimate of drug-likeness (QED) is 0.713. The summed E-state index contributed by atoms with van der Waals surface area (Å²) in [6, 6.07) is 9.62. The Hall–Kier alpha value is -1.50. The molecule has 0 fully saturated rings. The van der Waals surface area contributed by atoms with Crippen LogP contribution in [0.1, 0.15) is 5.56 Å². The summed E-state index contributed by atoms with van der Waals surface area (Å²) in [6.45, 7) is 1.25. The Kier molecular flexibility index (Phi) is 4.19. The lowest BCUT2D eigenvalue weighted by Gasteiger charge is -2.16. The van der Waals surface area contributed by atoms with Crippen molar-refractivity contribution >= 4 is 38.0 Å². The lowest BCUT2D eigenvalue weighted by atomic mass is 10.2. The van der Waals surface area contributed by atoms with Gasteiger partial charge >= 0.3 is 0 Å². The molecule has 0 spiro atoms. The van der Waals surface area contributed by atoms with Gasteiger partial charge in [0.15, 0.2) is 0 Å². The zero-order valence-electron chi connectivity index (χ0n) is 11.5. The van der Waals surface area contributed by atoms with Crippen molar-refractivity contribution in [2.75, 3.05) is 7.05 Å². The van der Waals surface area contributed by atoms with Gasteiger partial charge in [0.2, 0.25) is 0 Å². The van der Waals surface area contributed by atoms with Gasteiger partial charge in [0.25, 0.3) is 5.56 Å². The van der Waals surface area contributed by atoms with Crippen molar-refractivity contribution in [2.24, 2.45) is 0 Å². The van der Waals surface area contributed by atoms with Crippen molar-refractivity contribution < 1.29 is 0 Å². The molecule has 0 aliphatic heterocycles. The second-order valence-corrected chi connectivity index (χ2v) is 7.24. The van der Waals surface area contributed by atoms with Crippen LogP contribution >= 0.6 is 27.3 Å². The van der Waals surface area contributed by atoms with Crippen LogP contribution in [0.2, 0.25) is 0 Å². The summed E-state index contributed by atoms with van der Waals surface area (Å²) in [5.74, 6) is 0. The Bertz CT molecular complexity index is 827. The van der Waals surface area contributed by atoms with Crippen LogP contribution in [0.15, 0.2) is 50.5 Å². The van der Waals surface area contributed by atoms with E-state index in [4.69, 9.17) is 0 Å².